The van der Waals surface area contributed by atoms with E-state index >= 15 is 0 Å². The van der Waals surface area contributed by atoms with Gasteiger partial charge in [-0.25, -0.2) is 9.48 Å². The molecule has 1 aliphatic rings. The summed E-state index contributed by atoms with van der Waals surface area (Å²) in [6.07, 6.45) is 3.74. The maximum atomic E-state index is 12.6. The normalized spacial score (nSPS) is 13.2. The van der Waals surface area contributed by atoms with Crippen molar-refractivity contribution in [1.82, 2.24) is 14.3 Å². The molecule has 0 saturated carbocycles. The van der Waals surface area contributed by atoms with Crippen molar-refractivity contribution in [1.29, 1.82) is 0 Å². The highest BCUT2D eigenvalue weighted by Gasteiger charge is 2.18. The predicted octanol–water partition coefficient (Wildman–Crippen LogP) is 3.32. The summed E-state index contributed by atoms with van der Waals surface area (Å²) in [5.41, 5.74) is 1.06. The van der Waals surface area contributed by atoms with Crippen molar-refractivity contribution in [3.05, 3.63) is 75.4 Å². The second-order valence-electron chi connectivity index (χ2n) is 7.37. The third-order valence-corrected chi connectivity index (χ3v) is 5.38. The average molecular weight is 440 g/mol. The van der Waals surface area contributed by atoms with Gasteiger partial charge in [-0.1, -0.05) is 30.2 Å². The molecule has 160 valence electrons. The number of hydrogen-bond donors (Lipinski definition) is 2. The van der Waals surface area contributed by atoms with Crippen LogP contribution in [-0.2, 0) is 24.3 Å². The van der Waals surface area contributed by atoms with E-state index in [2.05, 4.69) is 15.7 Å². The molecule has 31 heavy (non-hydrogen) atoms. The van der Waals surface area contributed by atoms with Crippen LogP contribution in [0.15, 0.2) is 53.3 Å². The van der Waals surface area contributed by atoms with E-state index in [1.165, 1.54) is 4.68 Å². The van der Waals surface area contributed by atoms with Gasteiger partial charge in [0.2, 0.25) is 5.91 Å². The van der Waals surface area contributed by atoms with Gasteiger partial charge in [-0.3, -0.25) is 14.2 Å². The number of amides is 2. The van der Waals surface area contributed by atoms with Gasteiger partial charge in [-0.2, -0.15) is 5.10 Å². The molecule has 1 aliphatic heterocycles. The Bertz CT molecular complexity index is 1170. The van der Waals surface area contributed by atoms with Crippen molar-refractivity contribution < 1.29 is 9.59 Å². The first kappa shape index (κ1) is 20.9. The monoisotopic (exact) mass is 439 g/mol. The Balaban J connectivity index is 1.46. The molecule has 3 aromatic rings. The van der Waals surface area contributed by atoms with Crippen LogP contribution >= 0.6 is 11.6 Å². The first-order valence-electron chi connectivity index (χ1n) is 10.1. The van der Waals surface area contributed by atoms with E-state index in [1.807, 2.05) is 0 Å². The van der Waals surface area contributed by atoms with Gasteiger partial charge >= 0.3 is 5.69 Å². The number of aromatic nitrogens is 3. The molecule has 2 heterocycles. The minimum Gasteiger partial charge on any atom is -0.323 e. The van der Waals surface area contributed by atoms with Crippen molar-refractivity contribution in [2.45, 2.75) is 38.8 Å². The van der Waals surface area contributed by atoms with E-state index in [4.69, 9.17) is 11.6 Å². The smallest absolute Gasteiger partial charge is 0.323 e. The first-order valence-corrected chi connectivity index (χ1v) is 10.5. The Kier molecular flexibility index (Phi) is 6.18. The lowest BCUT2D eigenvalue weighted by atomic mass is 10.2. The molecular weight excluding hydrogens is 418 g/mol. The van der Waals surface area contributed by atoms with Crippen molar-refractivity contribution in [2.24, 2.45) is 0 Å². The van der Waals surface area contributed by atoms with Crippen molar-refractivity contribution >= 4 is 34.8 Å². The van der Waals surface area contributed by atoms with E-state index in [-0.39, 0.29) is 18.1 Å². The molecule has 1 aromatic heterocycles. The van der Waals surface area contributed by atoms with E-state index in [9.17, 15) is 14.4 Å². The van der Waals surface area contributed by atoms with Gasteiger partial charge in [-0.05, 0) is 49.2 Å². The first-order chi connectivity index (χ1) is 15.0. The van der Waals surface area contributed by atoms with Crippen molar-refractivity contribution in [3.63, 3.8) is 0 Å². The van der Waals surface area contributed by atoms with Crippen LogP contribution in [0.4, 0.5) is 11.4 Å². The fourth-order valence-electron chi connectivity index (χ4n) is 3.55. The number of carbonyl (C=O) groups excluding carboxylic acids is 2. The summed E-state index contributed by atoms with van der Waals surface area (Å²) >= 11 is 5.87. The van der Waals surface area contributed by atoms with Gasteiger partial charge in [0.1, 0.15) is 12.4 Å². The number of fused-ring (bicyclic) bond motifs is 1. The van der Waals surface area contributed by atoms with Gasteiger partial charge in [0.15, 0.2) is 0 Å². The molecular formula is C22H22ClN5O3. The molecule has 8 nitrogen and oxygen atoms in total. The fourth-order valence-corrected chi connectivity index (χ4v) is 3.68. The molecule has 0 bridgehead atoms. The minimum absolute atomic E-state index is 0.196. The molecule has 0 unspecified atom stereocenters. The van der Waals surface area contributed by atoms with Crippen LogP contribution in [-0.4, -0.2) is 26.2 Å². The summed E-state index contributed by atoms with van der Waals surface area (Å²) in [5.74, 6) is 0.00176. The topological polar surface area (TPSA) is 98.0 Å². The van der Waals surface area contributed by atoms with Gasteiger partial charge in [0.05, 0.1) is 11.4 Å². The molecule has 0 atom stereocenters. The largest absolute Gasteiger partial charge is 0.346 e. The fraction of sp³-hybridized carbons (Fsp3) is 0.273. The van der Waals surface area contributed by atoms with Gasteiger partial charge in [0, 0.05) is 23.6 Å². The lowest BCUT2D eigenvalue weighted by molar-refractivity contribution is -0.117. The molecule has 0 aliphatic carbocycles. The van der Waals surface area contributed by atoms with E-state index in [0.29, 0.717) is 28.5 Å². The molecule has 0 fully saturated rings. The highest BCUT2D eigenvalue weighted by atomic mass is 35.5. The predicted molar refractivity (Wildman–Crippen MR) is 119 cm³/mol. The minimum atomic E-state index is -0.399. The number of rotatable bonds is 5. The quantitative estimate of drug-likeness (QED) is 0.637. The molecule has 2 amide bonds. The zero-order valence-electron chi connectivity index (χ0n) is 16.8. The van der Waals surface area contributed by atoms with Gasteiger partial charge in [-0.15, -0.1) is 0 Å². The number of benzene rings is 2. The van der Waals surface area contributed by atoms with E-state index < -0.39 is 5.91 Å². The van der Waals surface area contributed by atoms with Gasteiger partial charge < -0.3 is 10.6 Å². The Morgan fingerprint density at radius 2 is 1.68 bits per heavy atom. The second-order valence-corrected chi connectivity index (χ2v) is 7.81. The van der Waals surface area contributed by atoms with Crippen molar-refractivity contribution in [2.75, 3.05) is 10.6 Å². The van der Waals surface area contributed by atoms with Crippen LogP contribution < -0.4 is 16.3 Å². The molecule has 2 aromatic carbocycles. The SMILES string of the molecule is O=C(Cn1nc2n(c1=O)CCCCC2)Nc1ccccc1NC(=O)c1ccc(Cl)cc1. The summed E-state index contributed by atoms with van der Waals surface area (Å²) in [5, 5.41) is 10.4. The summed E-state index contributed by atoms with van der Waals surface area (Å²) in [4.78, 5) is 37.7. The van der Waals surface area contributed by atoms with Crippen molar-refractivity contribution in [3.8, 4) is 0 Å². The highest BCUT2D eigenvalue weighted by Crippen LogP contribution is 2.22. The number of carbonyl (C=O) groups is 2. The standard InChI is InChI=1S/C22H22ClN5O3/c23-16-11-9-15(10-12-16)21(30)25-18-7-4-3-6-17(18)24-20(29)14-28-22(31)27-13-5-1-2-8-19(27)26-28/h3-4,6-7,9-12H,1-2,5,8,13-14H2,(H,24,29)(H,25,30). The Hall–Kier alpha value is -3.39. The van der Waals surface area contributed by atoms with Crippen LogP contribution in [0.1, 0.15) is 35.4 Å². The number of anilines is 2. The molecule has 9 heteroatoms. The zero-order valence-corrected chi connectivity index (χ0v) is 17.6. The Morgan fingerprint density at radius 3 is 2.42 bits per heavy atom. The number of nitrogens with one attached hydrogen (secondary N) is 2. The molecule has 0 saturated heterocycles. The second kappa shape index (κ2) is 9.18. The summed E-state index contributed by atoms with van der Waals surface area (Å²) in [6.45, 7) is 0.438. The third kappa shape index (κ3) is 4.86. The number of nitrogens with zero attached hydrogens (tertiary/aromatic N) is 3. The summed E-state index contributed by atoms with van der Waals surface area (Å²) in [7, 11) is 0. The number of hydrogen-bond acceptors (Lipinski definition) is 4. The number of aryl methyl sites for hydroxylation is 1. The summed E-state index contributed by atoms with van der Waals surface area (Å²) < 4.78 is 2.85. The molecule has 2 N–H and O–H groups in total. The zero-order chi connectivity index (χ0) is 21.8. The molecule has 0 radical (unpaired) electrons. The van der Waals surface area contributed by atoms with Crippen LogP contribution in [0.2, 0.25) is 5.02 Å². The average Bonchev–Trinajstić information content (AvgIpc) is 2.91. The molecule has 4 rings (SSSR count). The van der Waals surface area contributed by atoms with Crippen LogP contribution in [0.5, 0.6) is 0 Å². The maximum Gasteiger partial charge on any atom is 0.346 e. The molecule has 0 spiro atoms. The third-order valence-electron chi connectivity index (χ3n) is 5.13. The Morgan fingerprint density at radius 1 is 0.968 bits per heavy atom. The lowest BCUT2D eigenvalue weighted by Crippen LogP contribution is -2.30. The van der Waals surface area contributed by atoms with E-state index in [1.54, 1.807) is 53.1 Å². The number of halogens is 1. The number of para-hydroxylation sites is 2. The lowest BCUT2D eigenvalue weighted by Gasteiger charge is -2.12. The van der Waals surface area contributed by atoms with Crippen LogP contribution in [0, 0.1) is 0 Å². The van der Waals surface area contributed by atoms with Crippen LogP contribution in [0.25, 0.3) is 0 Å². The highest BCUT2D eigenvalue weighted by molar-refractivity contribution is 6.30. The van der Waals surface area contributed by atoms with E-state index in [0.717, 1.165) is 31.5 Å². The maximum absolute atomic E-state index is 12.6. The van der Waals surface area contributed by atoms with Crippen LogP contribution in [0.3, 0.4) is 0 Å². The summed E-state index contributed by atoms with van der Waals surface area (Å²) in [6, 6.07) is 13.4. The Labute approximate surface area is 183 Å². The van der Waals surface area contributed by atoms with Gasteiger partial charge in [0.25, 0.3) is 5.91 Å².